The first-order valence-corrected chi connectivity index (χ1v) is 4.63. The minimum absolute atomic E-state index is 0.256. The highest BCUT2D eigenvalue weighted by molar-refractivity contribution is 5.65. The highest BCUT2D eigenvalue weighted by Gasteiger charge is 2.15. The highest BCUT2D eigenvalue weighted by atomic mass is 16.3. The zero-order valence-electron chi connectivity index (χ0n) is 8.45. The van der Waals surface area contributed by atoms with Crippen LogP contribution in [-0.4, -0.2) is 24.6 Å². The first kappa shape index (κ1) is 8.84. The van der Waals surface area contributed by atoms with Crippen LogP contribution in [0.2, 0.25) is 0 Å². The van der Waals surface area contributed by atoms with E-state index in [1.54, 1.807) is 6.20 Å². The Bertz CT molecular complexity index is 641. The number of anilines is 1. The Balaban J connectivity index is 2.38. The fourth-order valence-electron chi connectivity index (χ4n) is 1.57. The van der Waals surface area contributed by atoms with Gasteiger partial charge in [-0.1, -0.05) is 0 Å². The quantitative estimate of drug-likeness (QED) is 0.642. The first-order chi connectivity index (χ1) is 7.77. The van der Waals surface area contributed by atoms with Gasteiger partial charge in [0.05, 0.1) is 6.20 Å². The molecule has 0 radical (unpaired) electrons. The first-order valence-electron chi connectivity index (χ1n) is 4.63. The van der Waals surface area contributed by atoms with E-state index in [1.165, 1.54) is 17.1 Å². The van der Waals surface area contributed by atoms with Crippen LogP contribution < -0.4 is 5.73 Å². The van der Waals surface area contributed by atoms with Crippen molar-refractivity contribution in [2.24, 2.45) is 0 Å². The van der Waals surface area contributed by atoms with Crippen molar-refractivity contribution < 1.29 is 4.42 Å². The van der Waals surface area contributed by atoms with E-state index in [2.05, 4.69) is 20.1 Å². The molecular weight excluding hydrogens is 208 g/mol. The molecule has 0 aromatic carbocycles. The van der Waals surface area contributed by atoms with Gasteiger partial charge in [0.2, 0.25) is 11.8 Å². The maximum Gasteiger partial charge on any atom is 0.245 e. The topological polar surface area (TPSA) is 95.1 Å². The number of aryl methyl sites for hydroxylation is 1. The summed E-state index contributed by atoms with van der Waals surface area (Å²) in [5, 5.41) is 3.97. The number of fused-ring (bicyclic) bond motifs is 1. The Morgan fingerprint density at radius 2 is 2.25 bits per heavy atom. The number of hydrogen-bond donors (Lipinski definition) is 1. The van der Waals surface area contributed by atoms with Crippen molar-refractivity contribution in [3.8, 4) is 11.6 Å². The van der Waals surface area contributed by atoms with Crippen molar-refractivity contribution >= 4 is 11.6 Å². The van der Waals surface area contributed by atoms with Gasteiger partial charge in [0.1, 0.15) is 18.3 Å². The monoisotopic (exact) mass is 216 g/mol. The maximum atomic E-state index is 5.76. The molecule has 0 unspecified atom stereocenters. The second-order valence-electron chi connectivity index (χ2n) is 3.28. The van der Waals surface area contributed by atoms with Gasteiger partial charge < -0.3 is 10.2 Å². The van der Waals surface area contributed by atoms with Gasteiger partial charge in [0, 0.05) is 5.56 Å². The Morgan fingerprint density at radius 1 is 1.38 bits per heavy atom. The molecule has 16 heavy (non-hydrogen) atoms. The summed E-state index contributed by atoms with van der Waals surface area (Å²) in [5.41, 5.74) is 7.82. The molecule has 2 N–H and O–H groups in total. The van der Waals surface area contributed by atoms with Gasteiger partial charge in [0.25, 0.3) is 0 Å². The van der Waals surface area contributed by atoms with Gasteiger partial charge in [-0.05, 0) is 6.92 Å². The van der Waals surface area contributed by atoms with E-state index in [4.69, 9.17) is 10.2 Å². The molecule has 0 bridgehead atoms. The van der Waals surface area contributed by atoms with Crippen molar-refractivity contribution in [1.29, 1.82) is 0 Å². The van der Waals surface area contributed by atoms with Crippen molar-refractivity contribution in [3.63, 3.8) is 0 Å². The minimum atomic E-state index is 0.256. The summed E-state index contributed by atoms with van der Waals surface area (Å²) < 4.78 is 6.67. The lowest BCUT2D eigenvalue weighted by Crippen LogP contribution is -2.05. The molecule has 7 heteroatoms. The normalized spacial score (nSPS) is 11.1. The Labute approximate surface area is 90.0 Å². The molecule has 0 atom stereocenters. The van der Waals surface area contributed by atoms with Gasteiger partial charge in [-0.15, -0.1) is 0 Å². The van der Waals surface area contributed by atoms with Crippen LogP contribution in [-0.2, 0) is 0 Å². The molecule has 0 amide bonds. The average Bonchev–Trinajstić information content (AvgIpc) is 2.92. The molecule has 0 aliphatic rings. The molecule has 0 aliphatic carbocycles. The van der Waals surface area contributed by atoms with Crippen molar-refractivity contribution in [1.82, 2.24) is 24.6 Å². The zero-order chi connectivity index (χ0) is 11.1. The van der Waals surface area contributed by atoms with E-state index < -0.39 is 0 Å². The molecule has 0 saturated carbocycles. The van der Waals surface area contributed by atoms with Crippen LogP contribution >= 0.6 is 0 Å². The number of rotatable bonds is 1. The number of nitrogens with two attached hydrogens (primary N) is 1. The summed E-state index contributed by atoms with van der Waals surface area (Å²) in [4.78, 5) is 12.3. The molecule has 3 rings (SSSR count). The second-order valence-corrected chi connectivity index (χ2v) is 3.28. The summed E-state index contributed by atoms with van der Waals surface area (Å²) in [5.74, 6) is 0.681. The lowest BCUT2D eigenvalue weighted by atomic mass is 10.2. The lowest BCUT2D eigenvalue weighted by molar-refractivity contribution is 0.571. The molecule has 0 fully saturated rings. The molecule has 0 spiro atoms. The van der Waals surface area contributed by atoms with Crippen LogP contribution in [0.4, 0.5) is 5.95 Å². The van der Waals surface area contributed by atoms with Crippen LogP contribution in [0, 0.1) is 6.92 Å². The second kappa shape index (κ2) is 3.02. The fourth-order valence-corrected chi connectivity index (χ4v) is 1.57. The molecule has 3 aromatic heterocycles. The minimum Gasteiger partial charge on any atom is -0.443 e. The van der Waals surface area contributed by atoms with Crippen LogP contribution in [0.3, 0.4) is 0 Å². The number of aromatic nitrogens is 5. The number of nitrogen functional groups attached to an aromatic ring is 1. The molecule has 7 nitrogen and oxygen atoms in total. The smallest absolute Gasteiger partial charge is 0.245 e. The average molecular weight is 216 g/mol. The third kappa shape index (κ3) is 1.08. The number of hydrogen-bond acceptors (Lipinski definition) is 6. The predicted molar refractivity (Wildman–Crippen MR) is 55.4 cm³/mol. The molecule has 0 aliphatic heterocycles. The van der Waals surface area contributed by atoms with Crippen LogP contribution in [0.15, 0.2) is 23.2 Å². The molecular formula is C9H8N6O. The lowest BCUT2D eigenvalue weighted by Gasteiger charge is -2.04. The van der Waals surface area contributed by atoms with Crippen LogP contribution in [0.1, 0.15) is 5.56 Å². The third-order valence-corrected chi connectivity index (χ3v) is 2.32. The van der Waals surface area contributed by atoms with Crippen molar-refractivity contribution in [2.45, 2.75) is 6.92 Å². The fraction of sp³-hybridized carbons (Fsp3) is 0.111. The van der Waals surface area contributed by atoms with E-state index in [1.807, 2.05) is 6.92 Å². The Kier molecular flexibility index (Phi) is 1.67. The van der Waals surface area contributed by atoms with E-state index in [-0.39, 0.29) is 5.95 Å². The van der Waals surface area contributed by atoms with Gasteiger partial charge in [0.15, 0.2) is 5.65 Å². The third-order valence-electron chi connectivity index (χ3n) is 2.32. The predicted octanol–water partition coefficient (Wildman–Crippen LogP) is 0.670. The SMILES string of the molecule is Cc1c(-c2ncco2)nc(N)n2ncnc12. The van der Waals surface area contributed by atoms with Crippen LogP contribution in [0.5, 0.6) is 0 Å². The van der Waals surface area contributed by atoms with E-state index >= 15 is 0 Å². The molecule has 0 saturated heterocycles. The van der Waals surface area contributed by atoms with E-state index in [0.717, 1.165) is 5.56 Å². The summed E-state index contributed by atoms with van der Waals surface area (Å²) >= 11 is 0. The van der Waals surface area contributed by atoms with Gasteiger partial charge in [-0.2, -0.15) is 9.61 Å². The molecule has 80 valence electrons. The van der Waals surface area contributed by atoms with E-state index in [0.29, 0.717) is 17.2 Å². The summed E-state index contributed by atoms with van der Waals surface area (Å²) in [6, 6.07) is 0. The Morgan fingerprint density at radius 3 is 3.00 bits per heavy atom. The summed E-state index contributed by atoms with van der Waals surface area (Å²) in [6.45, 7) is 1.87. The maximum absolute atomic E-state index is 5.76. The molecule has 3 heterocycles. The largest absolute Gasteiger partial charge is 0.443 e. The van der Waals surface area contributed by atoms with Crippen LogP contribution in [0.25, 0.3) is 17.2 Å². The van der Waals surface area contributed by atoms with Gasteiger partial charge in [-0.25, -0.2) is 15.0 Å². The van der Waals surface area contributed by atoms with E-state index in [9.17, 15) is 0 Å². The summed E-state index contributed by atoms with van der Waals surface area (Å²) in [6.07, 6.45) is 4.47. The van der Waals surface area contributed by atoms with Gasteiger partial charge in [-0.3, -0.25) is 0 Å². The number of oxazole rings is 1. The highest BCUT2D eigenvalue weighted by Crippen LogP contribution is 2.23. The zero-order valence-corrected chi connectivity index (χ0v) is 8.45. The summed E-state index contributed by atoms with van der Waals surface area (Å²) in [7, 11) is 0. The number of nitrogens with zero attached hydrogens (tertiary/aromatic N) is 5. The van der Waals surface area contributed by atoms with Crippen molar-refractivity contribution in [3.05, 3.63) is 24.4 Å². The Hall–Kier alpha value is -2.44. The van der Waals surface area contributed by atoms with Gasteiger partial charge >= 0.3 is 0 Å². The molecule has 3 aromatic rings. The standard InChI is InChI=1S/C9H8N6O/c1-5-6(8-11-2-3-16-8)14-9(10)15-7(5)12-4-13-15/h2-4H,1H3,(H2,10,14). The van der Waals surface area contributed by atoms with Crippen molar-refractivity contribution in [2.75, 3.05) is 5.73 Å².